The van der Waals surface area contributed by atoms with Crippen LogP contribution in [0.3, 0.4) is 0 Å². The predicted molar refractivity (Wildman–Crippen MR) is 109 cm³/mol. The molecule has 3 rings (SSSR count). The molecular formula is C21H19IO4. The SMILES string of the molecule is CCOc1cc(C=C2C(=O)c3ccccc3C2=O)cc(I)c1OC(C)C. The van der Waals surface area contributed by atoms with Gasteiger partial charge in [0.1, 0.15) is 0 Å². The van der Waals surface area contributed by atoms with Gasteiger partial charge in [-0.3, -0.25) is 9.59 Å². The topological polar surface area (TPSA) is 52.6 Å². The number of halogens is 1. The van der Waals surface area contributed by atoms with Gasteiger partial charge in [0.2, 0.25) is 0 Å². The molecule has 0 aromatic heterocycles. The van der Waals surface area contributed by atoms with E-state index in [-0.39, 0.29) is 23.2 Å². The zero-order chi connectivity index (χ0) is 18.8. The predicted octanol–water partition coefficient (Wildman–Crippen LogP) is 4.94. The highest BCUT2D eigenvalue weighted by Crippen LogP contribution is 2.36. The Hall–Kier alpha value is -2.15. The van der Waals surface area contributed by atoms with Crippen molar-refractivity contribution in [1.82, 2.24) is 0 Å². The van der Waals surface area contributed by atoms with Crippen molar-refractivity contribution in [3.63, 3.8) is 0 Å². The third-order valence-electron chi connectivity index (χ3n) is 3.90. The number of allylic oxidation sites excluding steroid dienone is 1. The second kappa shape index (κ2) is 7.61. The lowest BCUT2D eigenvalue weighted by Crippen LogP contribution is -2.09. The summed E-state index contributed by atoms with van der Waals surface area (Å²) in [5.74, 6) is 0.814. The van der Waals surface area contributed by atoms with Crippen molar-refractivity contribution in [1.29, 1.82) is 0 Å². The average Bonchev–Trinajstić information content (AvgIpc) is 2.83. The minimum atomic E-state index is -0.235. The van der Waals surface area contributed by atoms with E-state index in [9.17, 15) is 9.59 Å². The second-order valence-electron chi connectivity index (χ2n) is 6.19. The first-order valence-corrected chi connectivity index (χ1v) is 9.53. The van der Waals surface area contributed by atoms with Gasteiger partial charge in [-0.15, -0.1) is 0 Å². The van der Waals surface area contributed by atoms with Crippen LogP contribution in [0.25, 0.3) is 6.08 Å². The molecule has 2 aromatic rings. The van der Waals surface area contributed by atoms with Crippen LogP contribution in [0.4, 0.5) is 0 Å². The maximum absolute atomic E-state index is 12.6. The first kappa shape index (κ1) is 18.6. The van der Waals surface area contributed by atoms with Crippen molar-refractivity contribution in [3.8, 4) is 11.5 Å². The fourth-order valence-electron chi connectivity index (χ4n) is 2.85. The molecule has 1 aliphatic carbocycles. The Bertz CT molecular complexity index is 875. The van der Waals surface area contributed by atoms with E-state index in [1.54, 1.807) is 36.4 Å². The number of carbonyl (C=O) groups is 2. The van der Waals surface area contributed by atoms with Crippen molar-refractivity contribution < 1.29 is 19.1 Å². The monoisotopic (exact) mass is 462 g/mol. The van der Waals surface area contributed by atoms with Crippen LogP contribution in [-0.4, -0.2) is 24.3 Å². The summed E-state index contributed by atoms with van der Waals surface area (Å²) in [7, 11) is 0. The molecule has 0 spiro atoms. The first-order chi connectivity index (χ1) is 12.4. The van der Waals surface area contributed by atoms with Gasteiger partial charge in [-0.25, -0.2) is 0 Å². The summed E-state index contributed by atoms with van der Waals surface area (Å²) in [5, 5.41) is 0. The van der Waals surface area contributed by atoms with E-state index >= 15 is 0 Å². The van der Waals surface area contributed by atoms with Gasteiger partial charge in [0, 0.05) is 11.1 Å². The van der Waals surface area contributed by atoms with Gasteiger partial charge in [-0.2, -0.15) is 0 Å². The smallest absolute Gasteiger partial charge is 0.197 e. The van der Waals surface area contributed by atoms with Crippen molar-refractivity contribution in [2.24, 2.45) is 0 Å². The number of hydrogen-bond donors (Lipinski definition) is 0. The standard InChI is InChI=1S/C21H19IO4/c1-4-25-18-11-13(10-17(22)21(18)26-12(2)3)9-16-19(23)14-7-5-6-8-15(14)20(16)24/h5-12H,4H2,1-3H3. The molecule has 0 N–H and O–H groups in total. The van der Waals surface area contributed by atoms with Crippen LogP contribution in [-0.2, 0) is 0 Å². The molecule has 0 fully saturated rings. The fraction of sp³-hybridized carbons (Fsp3) is 0.238. The van der Waals surface area contributed by atoms with Crippen LogP contribution in [0.2, 0.25) is 0 Å². The highest BCUT2D eigenvalue weighted by atomic mass is 127. The van der Waals surface area contributed by atoms with Crippen LogP contribution in [0.15, 0.2) is 42.0 Å². The molecule has 0 saturated carbocycles. The number of Topliss-reactive ketones (excluding diaryl/α,β-unsaturated/α-hetero) is 2. The molecule has 0 aliphatic heterocycles. The Morgan fingerprint density at radius 2 is 1.69 bits per heavy atom. The molecule has 2 aromatic carbocycles. The number of ether oxygens (including phenoxy) is 2. The molecule has 4 nitrogen and oxygen atoms in total. The number of fused-ring (bicyclic) bond motifs is 1. The largest absolute Gasteiger partial charge is 0.490 e. The Morgan fingerprint density at radius 3 is 2.23 bits per heavy atom. The lowest BCUT2D eigenvalue weighted by Gasteiger charge is -2.17. The van der Waals surface area contributed by atoms with Gasteiger partial charge in [0.05, 0.1) is 21.9 Å². The minimum absolute atomic E-state index is 0.0133. The van der Waals surface area contributed by atoms with Crippen LogP contribution in [0.5, 0.6) is 11.5 Å². The van der Waals surface area contributed by atoms with E-state index in [2.05, 4.69) is 22.6 Å². The number of carbonyl (C=O) groups excluding carboxylic acids is 2. The fourth-order valence-corrected chi connectivity index (χ4v) is 3.61. The Balaban J connectivity index is 2.04. The maximum atomic E-state index is 12.6. The quantitative estimate of drug-likeness (QED) is 0.359. The van der Waals surface area contributed by atoms with Gasteiger partial charge in [0.15, 0.2) is 23.1 Å². The van der Waals surface area contributed by atoms with E-state index in [0.717, 1.165) is 9.13 Å². The molecule has 26 heavy (non-hydrogen) atoms. The lowest BCUT2D eigenvalue weighted by molar-refractivity contribution is 0.0990. The summed E-state index contributed by atoms with van der Waals surface area (Å²) in [6.45, 7) is 6.30. The van der Waals surface area contributed by atoms with Gasteiger partial charge >= 0.3 is 0 Å². The summed E-state index contributed by atoms with van der Waals surface area (Å²) in [5.41, 5.74) is 1.84. The number of rotatable bonds is 5. The highest BCUT2D eigenvalue weighted by Gasteiger charge is 2.32. The van der Waals surface area contributed by atoms with Gasteiger partial charge in [-0.05, 0) is 67.1 Å². The van der Waals surface area contributed by atoms with Gasteiger partial charge in [-0.1, -0.05) is 24.3 Å². The molecule has 0 bridgehead atoms. The summed E-state index contributed by atoms with van der Waals surface area (Å²) in [6, 6.07) is 10.6. The second-order valence-corrected chi connectivity index (χ2v) is 7.35. The molecule has 0 saturated heterocycles. The minimum Gasteiger partial charge on any atom is -0.490 e. The Labute approximate surface area is 166 Å². The first-order valence-electron chi connectivity index (χ1n) is 8.45. The zero-order valence-electron chi connectivity index (χ0n) is 14.8. The molecular weight excluding hydrogens is 443 g/mol. The Morgan fingerprint density at radius 1 is 1.08 bits per heavy atom. The zero-order valence-corrected chi connectivity index (χ0v) is 17.0. The van der Waals surface area contributed by atoms with Crippen LogP contribution in [0, 0.1) is 3.57 Å². The summed E-state index contributed by atoms with van der Waals surface area (Å²) in [6.07, 6.45) is 1.65. The van der Waals surface area contributed by atoms with Crippen molar-refractivity contribution in [3.05, 3.63) is 62.2 Å². The Kier molecular flexibility index (Phi) is 5.46. The third kappa shape index (κ3) is 3.53. The average molecular weight is 462 g/mol. The van der Waals surface area contributed by atoms with Crippen LogP contribution in [0.1, 0.15) is 47.1 Å². The highest BCUT2D eigenvalue weighted by molar-refractivity contribution is 14.1. The van der Waals surface area contributed by atoms with Crippen LogP contribution >= 0.6 is 22.6 Å². The van der Waals surface area contributed by atoms with Gasteiger partial charge < -0.3 is 9.47 Å². The van der Waals surface area contributed by atoms with E-state index in [4.69, 9.17) is 9.47 Å². The summed E-state index contributed by atoms with van der Waals surface area (Å²) < 4.78 is 12.4. The van der Waals surface area contributed by atoms with Crippen molar-refractivity contribution in [2.45, 2.75) is 26.9 Å². The van der Waals surface area contributed by atoms with Crippen LogP contribution < -0.4 is 9.47 Å². The van der Waals surface area contributed by atoms with Gasteiger partial charge in [0.25, 0.3) is 0 Å². The molecule has 5 heteroatoms. The maximum Gasteiger partial charge on any atom is 0.197 e. The van der Waals surface area contributed by atoms with E-state index in [1.165, 1.54) is 0 Å². The van der Waals surface area contributed by atoms with E-state index in [0.29, 0.717) is 29.2 Å². The molecule has 0 radical (unpaired) electrons. The third-order valence-corrected chi connectivity index (χ3v) is 4.70. The molecule has 1 aliphatic rings. The summed E-state index contributed by atoms with van der Waals surface area (Å²) >= 11 is 2.18. The molecule has 134 valence electrons. The molecule has 0 heterocycles. The molecule has 0 atom stereocenters. The van der Waals surface area contributed by atoms with E-state index in [1.807, 2.05) is 26.8 Å². The number of hydrogen-bond acceptors (Lipinski definition) is 4. The van der Waals surface area contributed by atoms with E-state index < -0.39 is 0 Å². The molecule has 0 amide bonds. The number of benzene rings is 2. The van der Waals surface area contributed by atoms with Crippen molar-refractivity contribution in [2.75, 3.05) is 6.61 Å². The molecule has 0 unspecified atom stereocenters. The lowest BCUT2D eigenvalue weighted by atomic mass is 10.1. The van der Waals surface area contributed by atoms with Crippen molar-refractivity contribution >= 4 is 40.2 Å². The summed E-state index contributed by atoms with van der Waals surface area (Å²) in [4.78, 5) is 25.1. The number of ketones is 2. The normalized spacial score (nSPS) is 13.2.